The average Bonchev–Trinajstić information content (AvgIpc) is 3.12. The Morgan fingerprint density at radius 1 is 1.11 bits per heavy atom. The lowest BCUT2D eigenvalue weighted by Gasteiger charge is -2.15. The van der Waals surface area contributed by atoms with E-state index in [4.69, 9.17) is 9.47 Å². The summed E-state index contributed by atoms with van der Waals surface area (Å²) in [4.78, 5) is 37.5. The molecule has 0 aliphatic carbocycles. The van der Waals surface area contributed by atoms with Crippen LogP contribution >= 0.6 is 15.9 Å². The van der Waals surface area contributed by atoms with Gasteiger partial charge in [-0.15, -0.1) is 0 Å². The van der Waals surface area contributed by atoms with E-state index in [2.05, 4.69) is 21.2 Å². The molecule has 1 saturated heterocycles. The van der Waals surface area contributed by atoms with E-state index < -0.39 is 23.7 Å². The normalized spacial score (nSPS) is 14.1. The van der Waals surface area contributed by atoms with Gasteiger partial charge in [0.25, 0.3) is 5.91 Å². The van der Waals surface area contributed by atoms with Gasteiger partial charge in [0.1, 0.15) is 18.1 Å². The summed E-state index contributed by atoms with van der Waals surface area (Å²) in [6.45, 7) is 2.04. The molecule has 3 aromatic carbocycles. The van der Waals surface area contributed by atoms with Crippen molar-refractivity contribution >= 4 is 39.9 Å². The number of hydrogen-bond donors (Lipinski definition) is 2. The molecule has 3 amide bonds. The summed E-state index contributed by atoms with van der Waals surface area (Å²) in [7, 11) is 0. The molecule has 1 aliphatic rings. The first-order valence-electron chi connectivity index (χ1n) is 11.3. The maximum absolute atomic E-state index is 14.0. The Labute approximate surface area is 220 Å². The van der Waals surface area contributed by atoms with E-state index in [1.54, 1.807) is 37.3 Å². The predicted octanol–water partition coefficient (Wildman–Crippen LogP) is 5.36. The van der Waals surface area contributed by atoms with Gasteiger partial charge in [-0.2, -0.15) is 0 Å². The number of urea groups is 1. The van der Waals surface area contributed by atoms with Crippen LogP contribution in [0.25, 0.3) is 6.08 Å². The number of halogens is 2. The molecule has 1 aliphatic heterocycles. The number of nitrogens with zero attached hydrogens (tertiary/aromatic N) is 1. The zero-order valence-electron chi connectivity index (χ0n) is 19.7. The Hall–Kier alpha value is -4.18. The lowest BCUT2D eigenvalue weighted by atomic mass is 10.1. The van der Waals surface area contributed by atoms with Crippen LogP contribution in [0.1, 0.15) is 34.0 Å². The molecule has 0 radical (unpaired) electrons. The highest BCUT2D eigenvalue weighted by atomic mass is 79.9. The molecule has 8 nitrogen and oxygen atoms in total. The molecule has 10 heteroatoms. The minimum atomic E-state index is -1.03. The minimum absolute atomic E-state index is 0.0369. The van der Waals surface area contributed by atoms with E-state index in [9.17, 15) is 23.9 Å². The highest BCUT2D eigenvalue weighted by molar-refractivity contribution is 9.10. The molecule has 1 heterocycles. The molecule has 0 unspecified atom stereocenters. The number of amides is 3. The quantitative estimate of drug-likeness (QED) is 0.266. The number of ether oxygens (including phenoxy) is 2. The number of carbonyl (C=O) groups is 3. The van der Waals surface area contributed by atoms with Crippen molar-refractivity contribution < 1.29 is 33.4 Å². The summed E-state index contributed by atoms with van der Waals surface area (Å²) in [6.07, 6.45) is 1.50. The topological polar surface area (TPSA) is 105 Å². The molecule has 4 rings (SSSR count). The highest BCUT2D eigenvalue weighted by Crippen LogP contribution is 2.38. The monoisotopic (exact) mass is 568 g/mol. The maximum Gasteiger partial charge on any atom is 0.335 e. The van der Waals surface area contributed by atoms with Gasteiger partial charge >= 0.3 is 12.0 Å². The van der Waals surface area contributed by atoms with Crippen LogP contribution in [-0.4, -0.2) is 34.5 Å². The Kier molecular flexibility index (Phi) is 7.88. The summed E-state index contributed by atoms with van der Waals surface area (Å²) in [6, 6.07) is 15.1. The van der Waals surface area contributed by atoms with E-state index in [-0.39, 0.29) is 30.0 Å². The van der Waals surface area contributed by atoms with Crippen LogP contribution in [0.15, 0.2) is 70.8 Å². The summed E-state index contributed by atoms with van der Waals surface area (Å²) >= 11 is 3.47. The molecule has 0 saturated carbocycles. The summed E-state index contributed by atoms with van der Waals surface area (Å²) in [5.41, 5.74) is 1.62. The Bertz CT molecular complexity index is 1410. The van der Waals surface area contributed by atoms with Crippen molar-refractivity contribution in [3.8, 4) is 11.5 Å². The van der Waals surface area contributed by atoms with Gasteiger partial charge in [-0.3, -0.25) is 9.69 Å². The van der Waals surface area contributed by atoms with Gasteiger partial charge in [0.2, 0.25) is 0 Å². The Morgan fingerprint density at radius 2 is 1.89 bits per heavy atom. The number of carboxylic acids is 1. The van der Waals surface area contributed by atoms with Crippen molar-refractivity contribution in [3.63, 3.8) is 0 Å². The fourth-order valence-electron chi connectivity index (χ4n) is 3.70. The molecule has 2 N–H and O–H groups in total. The molecule has 3 aromatic rings. The second kappa shape index (κ2) is 11.3. The second-order valence-electron chi connectivity index (χ2n) is 8.03. The third-order valence-electron chi connectivity index (χ3n) is 5.45. The fraction of sp³-hybridized carbons (Fsp3) is 0.148. The van der Waals surface area contributed by atoms with Gasteiger partial charge in [-0.1, -0.05) is 30.3 Å². The van der Waals surface area contributed by atoms with Gasteiger partial charge in [0.15, 0.2) is 11.5 Å². The lowest BCUT2D eigenvalue weighted by molar-refractivity contribution is -0.123. The van der Waals surface area contributed by atoms with Gasteiger partial charge in [-0.25, -0.2) is 14.0 Å². The van der Waals surface area contributed by atoms with Crippen molar-refractivity contribution in [1.82, 2.24) is 10.2 Å². The third-order valence-corrected chi connectivity index (χ3v) is 6.04. The number of carbonyl (C=O) groups excluding carboxylic acids is 2. The van der Waals surface area contributed by atoms with Crippen LogP contribution < -0.4 is 14.8 Å². The molecule has 1 fully saturated rings. The number of aromatic carboxylic acids is 1. The van der Waals surface area contributed by atoms with Crippen molar-refractivity contribution in [2.24, 2.45) is 0 Å². The molecule has 0 bridgehead atoms. The van der Waals surface area contributed by atoms with Crippen LogP contribution in [0.4, 0.5) is 9.18 Å². The van der Waals surface area contributed by atoms with Crippen LogP contribution in [0, 0.1) is 5.82 Å². The number of benzene rings is 3. The van der Waals surface area contributed by atoms with Crippen LogP contribution in [-0.2, 0) is 17.9 Å². The molecule has 0 atom stereocenters. The zero-order chi connectivity index (χ0) is 26.5. The predicted molar refractivity (Wildman–Crippen MR) is 137 cm³/mol. The van der Waals surface area contributed by atoms with Crippen molar-refractivity contribution in [2.45, 2.75) is 20.1 Å². The molecule has 0 aromatic heterocycles. The first-order chi connectivity index (χ1) is 17.8. The second-order valence-corrected chi connectivity index (χ2v) is 8.88. The number of nitrogens with one attached hydrogen (secondary N) is 1. The third kappa shape index (κ3) is 5.97. The van der Waals surface area contributed by atoms with Crippen LogP contribution in [0.3, 0.4) is 0 Å². The maximum atomic E-state index is 14.0. The van der Waals surface area contributed by atoms with Crippen molar-refractivity contribution in [1.29, 1.82) is 0 Å². The Morgan fingerprint density at radius 3 is 2.62 bits per heavy atom. The van der Waals surface area contributed by atoms with E-state index in [0.29, 0.717) is 33.7 Å². The number of hydrogen-bond acceptors (Lipinski definition) is 5. The standard InChI is InChI=1S/C27H22BrFN2O6/c1-2-36-23-13-17(11-20(28)24(23)37-15-16-6-5-8-18(10-16)26(33)34)12-22-25(32)31(27(35)30-22)14-19-7-3-4-9-21(19)29/h3-13H,2,14-15H2,1H3,(H,30,35)(H,33,34)/b22-12+. The first kappa shape index (κ1) is 25.9. The van der Waals surface area contributed by atoms with Crippen LogP contribution in [0.2, 0.25) is 0 Å². The number of imide groups is 1. The fourth-order valence-corrected chi connectivity index (χ4v) is 4.28. The smallest absolute Gasteiger partial charge is 0.335 e. The molecule has 0 spiro atoms. The SMILES string of the molecule is CCOc1cc(/C=C2/NC(=O)N(Cc3ccccc3F)C2=O)cc(Br)c1OCc1cccc(C(=O)O)c1. The van der Waals surface area contributed by atoms with Crippen molar-refractivity contribution in [2.75, 3.05) is 6.61 Å². The van der Waals surface area contributed by atoms with E-state index in [1.807, 2.05) is 0 Å². The summed E-state index contributed by atoms with van der Waals surface area (Å²) in [5.74, 6) is -1.33. The zero-order valence-corrected chi connectivity index (χ0v) is 21.2. The van der Waals surface area contributed by atoms with Gasteiger partial charge in [0.05, 0.1) is 23.2 Å². The number of carboxylic acid groups (broad SMARTS) is 1. The minimum Gasteiger partial charge on any atom is -0.490 e. The van der Waals surface area contributed by atoms with Crippen molar-refractivity contribution in [3.05, 3.63) is 98.9 Å². The van der Waals surface area contributed by atoms with Gasteiger partial charge in [0, 0.05) is 5.56 Å². The van der Waals surface area contributed by atoms with Gasteiger partial charge in [-0.05, 0) is 70.4 Å². The Balaban J connectivity index is 1.56. The van der Waals surface area contributed by atoms with Gasteiger partial charge < -0.3 is 19.9 Å². The molecular formula is C27H22BrFN2O6. The molecule has 37 heavy (non-hydrogen) atoms. The molecule has 190 valence electrons. The summed E-state index contributed by atoms with van der Waals surface area (Å²) < 4.78 is 26.2. The number of rotatable bonds is 9. The van der Waals surface area contributed by atoms with E-state index in [1.165, 1.54) is 36.4 Å². The largest absolute Gasteiger partial charge is 0.490 e. The first-order valence-corrected chi connectivity index (χ1v) is 12.1. The average molecular weight is 569 g/mol. The lowest BCUT2D eigenvalue weighted by Crippen LogP contribution is -2.30. The highest BCUT2D eigenvalue weighted by Gasteiger charge is 2.34. The molecular weight excluding hydrogens is 547 g/mol. The summed E-state index contributed by atoms with van der Waals surface area (Å²) in [5, 5.41) is 11.7. The van der Waals surface area contributed by atoms with Crippen LogP contribution in [0.5, 0.6) is 11.5 Å². The van der Waals surface area contributed by atoms with E-state index in [0.717, 1.165) is 4.90 Å². The van der Waals surface area contributed by atoms with E-state index >= 15 is 0 Å².